The second kappa shape index (κ2) is 4.50. The number of phenolic OH excluding ortho intramolecular Hbond substituents is 1. The standard InChI is InChI=1S/C13H13F2NO2/c1-8-5-9(6-10(11(8)18)12(14)15)13(16-7-17)3-2-4-13/h5-6,12,18H,2-4H2,1H3. The summed E-state index contributed by atoms with van der Waals surface area (Å²) in [6, 6.07) is 2.86. The van der Waals surface area contributed by atoms with Crippen LogP contribution in [0.5, 0.6) is 5.75 Å². The van der Waals surface area contributed by atoms with E-state index in [2.05, 4.69) is 4.99 Å². The quantitative estimate of drug-likeness (QED) is 0.663. The minimum absolute atomic E-state index is 0.371. The van der Waals surface area contributed by atoms with Crippen LogP contribution >= 0.6 is 0 Å². The van der Waals surface area contributed by atoms with Gasteiger partial charge in [-0.15, -0.1) is 0 Å². The lowest BCUT2D eigenvalue weighted by Gasteiger charge is -2.37. The molecule has 5 heteroatoms. The van der Waals surface area contributed by atoms with Crippen molar-refractivity contribution in [3.05, 3.63) is 28.8 Å². The highest BCUT2D eigenvalue weighted by Crippen LogP contribution is 2.47. The summed E-state index contributed by atoms with van der Waals surface area (Å²) in [5.74, 6) is -0.390. The van der Waals surface area contributed by atoms with Gasteiger partial charge in [0.1, 0.15) is 5.75 Å². The van der Waals surface area contributed by atoms with Crippen LogP contribution in [0.1, 0.15) is 42.4 Å². The Balaban J connectivity index is 2.55. The fraction of sp³-hybridized carbons (Fsp3) is 0.462. The van der Waals surface area contributed by atoms with E-state index >= 15 is 0 Å². The average Bonchev–Trinajstić information content (AvgIpc) is 2.26. The Morgan fingerprint density at radius 2 is 2.11 bits per heavy atom. The van der Waals surface area contributed by atoms with Crippen molar-refractivity contribution in [3.63, 3.8) is 0 Å². The van der Waals surface area contributed by atoms with E-state index < -0.39 is 23.3 Å². The topological polar surface area (TPSA) is 49.7 Å². The largest absolute Gasteiger partial charge is 0.507 e. The zero-order chi connectivity index (χ0) is 13.3. The number of aliphatic imine (C=N–C) groups is 1. The van der Waals surface area contributed by atoms with E-state index in [4.69, 9.17) is 0 Å². The highest BCUT2D eigenvalue weighted by Gasteiger charge is 2.39. The molecule has 3 nitrogen and oxygen atoms in total. The minimum Gasteiger partial charge on any atom is -0.507 e. The molecule has 96 valence electrons. The summed E-state index contributed by atoms with van der Waals surface area (Å²) in [6.45, 7) is 1.56. The van der Waals surface area contributed by atoms with Gasteiger partial charge in [-0.25, -0.2) is 13.6 Å². The van der Waals surface area contributed by atoms with E-state index in [0.717, 1.165) is 6.42 Å². The van der Waals surface area contributed by atoms with Gasteiger partial charge < -0.3 is 5.11 Å². The summed E-state index contributed by atoms with van der Waals surface area (Å²) in [7, 11) is 0. The van der Waals surface area contributed by atoms with Gasteiger partial charge >= 0.3 is 0 Å². The number of phenols is 1. The van der Waals surface area contributed by atoms with Crippen molar-refractivity contribution in [2.24, 2.45) is 4.99 Å². The Morgan fingerprint density at radius 1 is 1.44 bits per heavy atom. The highest BCUT2D eigenvalue weighted by atomic mass is 19.3. The number of nitrogens with zero attached hydrogens (tertiary/aromatic N) is 1. The van der Waals surface area contributed by atoms with Crippen LogP contribution in [-0.2, 0) is 10.3 Å². The molecule has 1 aliphatic rings. The molecule has 0 aliphatic heterocycles. The summed E-state index contributed by atoms with van der Waals surface area (Å²) >= 11 is 0. The maximum absolute atomic E-state index is 12.8. The molecule has 2 rings (SSSR count). The molecule has 1 aliphatic carbocycles. The van der Waals surface area contributed by atoms with E-state index in [0.29, 0.717) is 24.0 Å². The molecule has 1 N–H and O–H groups in total. The number of benzene rings is 1. The number of aromatic hydroxyl groups is 1. The molecule has 0 radical (unpaired) electrons. The minimum atomic E-state index is -2.75. The predicted molar refractivity (Wildman–Crippen MR) is 61.5 cm³/mol. The number of aryl methyl sites for hydroxylation is 1. The van der Waals surface area contributed by atoms with Gasteiger partial charge in [-0.1, -0.05) is 0 Å². The van der Waals surface area contributed by atoms with Crippen LogP contribution in [0.3, 0.4) is 0 Å². The number of carbonyl (C=O) groups excluding carboxylic acids is 1. The third kappa shape index (κ3) is 1.91. The van der Waals surface area contributed by atoms with Gasteiger partial charge in [-0.2, -0.15) is 4.99 Å². The SMILES string of the molecule is Cc1cc(C2(N=C=O)CCC2)cc(C(F)F)c1O. The van der Waals surface area contributed by atoms with Gasteiger partial charge in [0.05, 0.1) is 11.1 Å². The Hall–Kier alpha value is -1.74. The molecule has 0 atom stereocenters. The van der Waals surface area contributed by atoms with Crippen molar-refractivity contribution < 1.29 is 18.7 Å². The predicted octanol–water partition coefficient (Wildman–Crippen LogP) is 3.35. The van der Waals surface area contributed by atoms with Crippen molar-refractivity contribution in [3.8, 4) is 5.75 Å². The number of isocyanates is 1. The molecule has 0 spiro atoms. The Bertz CT molecular complexity index is 518. The first-order chi connectivity index (χ1) is 8.50. The second-order valence-electron chi connectivity index (χ2n) is 4.62. The first-order valence-electron chi connectivity index (χ1n) is 5.71. The van der Waals surface area contributed by atoms with E-state index in [9.17, 15) is 18.7 Å². The second-order valence-corrected chi connectivity index (χ2v) is 4.62. The molecule has 1 aromatic rings. The molecule has 0 unspecified atom stereocenters. The summed E-state index contributed by atoms with van der Waals surface area (Å²) in [5, 5.41) is 9.59. The Kier molecular flexibility index (Phi) is 3.18. The molecule has 0 bridgehead atoms. The van der Waals surface area contributed by atoms with E-state index in [1.807, 2.05) is 0 Å². The summed E-state index contributed by atoms with van der Waals surface area (Å²) in [5.41, 5.74) is -0.195. The van der Waals surface area contributed by atoms with Crippen LogP contribution in [0, 0.1) is 6.92 Å². The third-order valence-electron chi connectivity index (χ3n) is 3.54. The molecule has 18 heavy (non-hydrogen) atoms. The Morgan fingerprint density at radius 3 is 2.56 bits per heavy atom. The third-order valence-corrected chi connectivity index (χ3v) is 3.54. The van der Waals surface area contributed by atoms with Crippen molar-refractivity contribution in [1.82, 2.24) is 0 Å². The molecular formula is C13H13F2NO2. The van der Waals surface area contributed by atoms with E-state index in [1.54, 1.807) is 13.0 Å². The lowest BCUT2D eigenvalue weighted by molar-refractivity contribution is 0.146. The fourth-order valence-electron chi connectivity index (χ4n) is 2.31. The molecule has 0 amide bonds. The van der Waals surface area contributed by atoms with Gasteiger partial charge in [0.2, 0.25) is 6.08 Å². The maximum Gasteiger partial charge on any atom is 0.267 e. The summed E-state index contributed by atoms with van der Waals surface area (Å²) < 4.78 is 25.6. The molecule has 0 heterocycles. The van der Waals surface area contributed by atoms with E-state index in [-0.39, 0.29) is 0 Å². The van der Waals surface area contributed by atoms with Gasteiger partial charge in [0.15, 0.2) is 0 Å². The fourth-order valence-corrected chi connectivity index (χ4v) is 2.31. The maximum atomic E-state index is 12.8. The number of hydrogen-bond acceptors (Lipinski definition) is 3. The lowest BCUT2D eigenvalue weighted by atomic mass is 9.71. The number of alkyl halides is 2. The van der Waals surface area contributed by atoms with Crippen LogP contribution in [0.25, 0.3) is 0 Å². The average molecular weight is 253 g/mol. The normalized spacial score (nSPS) is 17.1. The zero-order valence-corrected chi connectivity index (χ0v) is 9.91. The monoisotopic (exact) mass is 253 g/mol. The number of halogens is 2. The molecule has 0 saturated heterocycles. The zero-order valence-electron chi connectivity index (χ0n) is 9.91. The van der Waals surface area contributed by atoms with Crippen molar-refractivity contribution in [2.45, 2.75) is 38.2 Å². The molecule has 1 aromatic carbocycles. The van der Waals surface area contributed by atoms with Gasteiger partial charge in [0.25, 0.3) is 6.43 Å². The lowest BCUT2D eigenvalue weighted by Crippen LogP contribution is -2.32. The van der Waals surface area contributed by atoms with Crippen LogP contribution in [0.15, 0.2) is 17.1 Å². The molecule has 0 aromatic heterocycles. The smallest absolute Gasteiger partial charge is 0.267 e. The summed E-state index contributed by atoms with van der Waals surface area (Å²) in [6.07, 6.45) is 0.961. The summed E-state index contributed by atoms with van der Waals surface area (Å²) in [4.78, 5) is 14.2. The van der Waals surface area contributed by atoms with Crippen LogP contribution in [0.2, 0.25) is 0 Å². The number of hydrogen-bond donors (Lipinski definition) is 1. The van der Waals surface area contributed by atoms with Crippen LogP contribution in [-0.4, -0.2) is 11.2 Å². The van der Waals surface area contributed by atoms with Crippen LogP contribution in [0.4, 0.5) is 8.78 Å². The van der Waals surface area contributed by atoms with Gasteiger partial charge in [-0.3, -0.25) is 0 Å². The molecule has 1 fully saturated rings. The van der Waals surface area contributed by atoms with Gasteiger partial charge in [0, 0.05) is 0 Å². The van der Waals surface area contributed by atoms with E-state index in [1.165, 1.54) is 12.1 Å². The molecule has 1 saturated carbocycles. The first kappa shape index (κ1) is 12.7. The van der Waals surface area contributed by atoms with Crippen molar-refractivity contribution >= 4 is 6.08 Å². The molecular weight excluding hydrogens is 240 g/mol. The Labute approximate surface area is 103 Å². The number of rotatable bonds is 3. The highest BCUT2D eigenvalue weighted by molar-refractivity contribution is 5.48. The first-order valence-corrected chi connectivity index (χ1v) is 5.71. The van der Waals surface area contributed by atoms with Crippen LogP contribution < -0.4 is 0 Å². The van der Waals surface area contributed by atoms with Gasteiger partial charge in [-0.05, 0) is 49.4 Å². The van der Waals surface area contributed by atoms with Crippen molar-refractivity contribution in [2.75, 3.05) is 0 Å². The van der Waals surface area contributed by atoms with Crippen molar-refractivity contribution in [1.29, 1.82) is 0 Å².